The molecule has 0 saturated carbocycles. The average Bonchev–Trinajstić information content (AvgIpc) is 3.71. The van der Waals surface area contributed by atoms with Crippen molar-refractivity contribution >= 4 is 45.2 Å². The molecule has 17 heteroatoms. The number of anilines is 1. The van der Waals surface area contributed by atoms with Gasteiger partial charge in [-0.1, -0.05) is 85.2 Å². The molecule has 352 valence electrons. The summed E-state index contributed by atoms with van der Waals surface area (Å²) in [5.74, 6) is -3.41. The zero-order valence-electron chi connectivity index (χ0n) is 39.3. The van der Waals surface area contributed by atoms with E-state index in [-0.39, 0.29) is 53.2 Å². The highest BCUT2D eigenvalue weighted by atomic mass is 32.2. The van der Waals surface area contributed by atoms with E-state index in [4.69, 9.17) is 15.2 Å². The summed E-state index contributed by atoms with van der Waals surface area (Å²) >= 11 is 0. The summed E-state index contributed by atoms with van der Waals surface area (Å²) in [6.07, 6.45) is 0.315. The van der Waals surface area contributed by atoms with Crippen LogP contribution >= 0.6 is 0 Å². The summed E-state index contributed by atoms with van der Waals surface area (Å²) in [5, 5.41) is 5.79. The van der Waals surface area contributed by atoms with Gasteiger partial charge in [-0.2, -0.15) is 0 Å². The maximum atomic E-state index is 14.4. The molecule has 1 aliphatic heterocycles. The Morgan fingerprint density at radius 2 is 1.46 bits per heavy atom. The van der Waals surface area contributed by atoms with E-state index in [1.807, 2.05) is 60.5 Å². The maximum Gasteiger partial charge on any atom is 0.264 e. The fraction of sp³-hybridized carbons (Fsp3) is 0.630. The molecule has 2 aromatic carbocycles. The quantitative estimate of drug-likeness (QED) is 0.119. The second-order valence-corrected chi connectivity index (χ2v) is 19.4. The molecule has 2 aromatic rings. The van der Waals surface area contributed by atoms with Crippen LogP contribution in [0.3, 0.4) is 0 Å². The maximum absolute atomic E-state index is 14.4. The highest BCUT2D eigenvalue weighted by molar-refractivity contribution is 7.90. The molecule has 0 unspecified atom stereocenters. The molecule has 0 aromatic heterocycles. The van der Waals surface area contributed by atoms with E-state index >= 15 is 0 Å². The summed E-state index contributed by atoms with van der Waals surface area (Å²) in [4.78, 5) is 74.9. The Morgan fingerprint density at radius 1 is 0.841 bits per heavy atom. The highest BCUT2D eigenvalue weighted by Crippen LogP contribution is 2.30. The van der Waals surface area contributed by atoms with Crippen LogP contribution in [0.25, 0.3) is 0 Å². The summed E-state index contributed by atoms with van der Waals surface area (Å²) in [5.41, 5.74) is 6.77. The number of hydrogen-bond donors (Lipinski definition) is 4. The third-order valence-electron chi connectivity index (χ3n) is 12.3. The van der Waals surface area contributed by atoms with Crippen LogP contribution in [0.5, 0.6) is 0 Å². The predicted molar refractivity (Wildman–Crippen MR) is 243 cm³/mol. The van der Waals surface area contributed by atoms with Crippen LogP contribution in [-0.4, -0.2) is 137 Å². The van der Waals surface area contributed by atoms with E-state index in [2.05, 4.69) is 15.4 Å². The average molecular weight is 900 g/mol. The first-order chi connectivity index (χ1) is 29.6. The number of carbonyl (C=O) groups is 5. The zero-order valence-corrected chi connectivity index (χ0v) is 40.1. The van der Waals surface area contributed by atoms with Gasteiger partial charge in [0.2, 0.25) is 23.6 Å². The molecule has 1 fully saturated rings. The lowest BCUT2D eigenvalue weighted by atomic mass is 9.89. The topological polar surface area (TPSA) is 210 Å². The van der Waals surface area contributed by atoms with Gasteiger partial charge in [0.05, 0.1) is 47.6 Å². The zero-order chi connectivity index (χ0) is 47.3. The van der Waals surface area contributed by atoms with Crippen LogP contribution in [0.15, 0.2) is 59.5 Å². The van der Waals surface area contributed by atoms with Gasteiger partial charge < -0.3 is 35.6 Å². The van der Waals surface area contributed by atoms with E-state index < -0.39 is 70.2 Å². The van der Waals surface area contributed by atoms with Crippen molar-refractivity contribution in [2.45, 2.75) is 128 Å². The Bertz CT molecular complexity index is 1920. The summed E-state index contributed by atoms with van der Waals surface area (Å²) < 4.78 is 40.5. The first-order valence-corrected chi connectivity index (χ1v) is 23.4. The predicted octanol–water partition coefficient (Wildman–Crippen LogP) is 3.45. The minimum absolute atomic E-state index is 0.000380. The van der Waals surface area contributed by atoms with Crippen LogP contribution in [0.4, 0.5) is 5.69 Å². The first kappa shape index (κ1) is 52.8. The van der Waals surface area contributed by atoms with E-state index in [1.165, 1.54) is 38.5 Å². The number of ether oxygens (including phenoxy) is 2. The molecular weight excluding hydrogens is 827 g/mol. The van der Waals surface area contributed by atoms with Crippen molar-refractivity contribution in [2.75, 3.05) is 47.6 Å². The van der Waals surface area contributed by atoms with Crippen LogP contribution in [0.2, 0.25) is 0 Å². The van der Waals surface area contributed by atoms with Crippen molar-refractivity contribution in [1.29, 1.82) is 0 Å². The monoisotopic (exact) mass is 900 g/mol. The second-order valence-electron chi connectivity index (χ2n) is 17.8. The van der Waals surface area contributed by atoms with Crippen molar-refractivity contribution < 1.29 is 41.9 Å². The van der Waals surface area contributed by atoms with Crippen LogP contribution in [0, 0.1) is 23.7 Å². The summed E-state index contributed by atoms with van der Waals surface area (Å²) in [7, 11) is 4.05. The molecule has 0 spiro atoms. The minimum Gasteiger partial charge on any atom is -0.399 e. The van der Waals surface area contributed by atoms with Gasteiger partial charge in [-0.3, -0.25) is 28.9 Å². The number of benzene rings is 2. The Kier molecular flexibility index (Phi) is 20.0. The fourth-order valence-corrected chi connectivity index (χ4v) is 9.70. The summed E-state index contributed by atoms with van der Waals surface area (Å²) in [6.45, 7) is 13.8. The molecular formula is C46H73N7O9S. The van der Waals surface area contributed by atoms with Crippen molar-refractivity contribution in [3.8, 4) is 0 Å². The van der Waals surface area contributed by atoms with Crippen molar-refractivity contribution in [1.82, 2.24) is 30.1 Å². The molecule has 63 heavy (non-hydrogen) atoms. The molecule has 1 aliphatic rings. The number of nitrogens with two attached hydrogens (primary N) is 1. The smallest absolute Gasteiger partial charge is 0.264 e. The Balaban J connectivity index is 1.83. The number of nitrogen functional groups attached to an aromatic ring is 1. The second kappa shape index (κ2) is 23.9. The first-order valence-electron chi connectivity index (χ1n) is 21.9. The minimum atomic E-state index is -4.30. The lowest BCUT2D eigenvalue weighted by Gasteiger charge is -2.41. The van der Waals surface area contributed by atoms with Gasteiger partial charge >= 0.3 is 0 Å². The van der Waals surface area contributed by atoms with E-state index in [9.17, 15) is 32.4 Å². The van der Waals surface area contributed by atoms with Gasteiger partial charge in [0, 0.05) is 39.9 Å². The van der Waals surface area contributed by atoms with Crippen molar-refractivity contribution in [2.24, 2.45) is 23.7 Å². The van der Waals surface area contributed by atoms with Crippen LogP contribution < -0.4 is 21.1 Å². The molecule has 5 N–H and O–H groups in total. The molecule has 0 aliphatic carbocycles. The molecule has 9 atom stereocenters. The van der Waals surface area contributed by atoms with Gasteiger partial charge in [0.15, 0.2) is 0 Å². The number of hydrogen-bond acceptors (Lipinski definition) is 11. The lowest BCUT2D eigenvalue weighted by molar-refractivity contribution is -0.148. The Hall–Kier alpha value is -4.58. The largest absolute Gasteiger partial charge is 0.399 e. The Morgan fingerprint density at radius 3 is 1.98 bits per heavy atom. The summed E-state index contributed by atoms with van der Waals surface area (Å²) in [6, 6.07) is 10.7. The number of likely N-dealkylation sites (N-methyl/N-ethyl adjacent to an activating group) is 2. The van der Waals surface area contributed by atoms with Gasteiger partial charge in [0.1, 0.15) is 12.1 Å². The van der Waals surface area contributed by atoms with Crippen LogP contribution in [0.1, 0.15) is 79.7 Å². The Labute approximate surface area is 375 Å². The number of methoxy groups -OCH3 is 2. The SMILES string of the molecule is CC[C@H](C)[C@@H]([C@H](CC(=O)N1CCC[C@H]1[C@H](OC)[C@@H](C)C(=O)N[C@@H](Cc1ccccc1)C(=O)NS(=O)(=O)c1ccc(N)cc1)OC)N(C)C(=O)[C@@H](NC(=O)[C@H](C(C)C)N(C)C)C(C)C. The van der Waals surface area contributed by atoms with Crippen molar-refractivity contribution in [3.05, 3.63) is 60.2 Å². The molecule has 5 amide bonds. The van der Waals surface area contributed by atoms with Gasteiger partial charge in [-0.05, 0) is 74.5 Å². The van der Waals surface area contributed by atoms with E-state index in [0.717, 1.165) is 0 Å². The number of amides is 5. The normalized spacial score (nSPS) is 18.2. The third-order valence-corrected chi connectivity index (χ3v) is 13.6. The highest BCUT2D eigenvalue weighted by Gasteiger charge is 2.43. The number of rotatable bonds is 23. The molecule has 0 bridgehead atoms. The van der Waals surface area contributed by atoms with E-state index in [0.29, 0.717) is 37.1 Å². The van der Waals surface area contributed by atoms with Gasteiger partial charge in [0.25, 0.3) is 15.9 Å². The lowest BCUT2D eigenvalue weighted by Crippen LogP contribution is -2.59. The van der Waals surface area contributed by atoms with Gasteiger partial charge in [-0.25, -0.2) is 13.1 Å². The van der Waals surface area contributed by atoms with Crippen molar-refractivity contribution in [3.63, 3.8) is 0 Å². The molecule has 1 heterocycles. The fourth-order valence-electron chi connectivity index (χ4n) is 8.68. The standard InChI is InChI=1S/C46H73N7O9S/c1-13-30(6)41(52(10)46(58)39(28(2)3)49-45(57)40(29(4)5)51(8)9)37(61-11)27-38(54)53-25-17-20-36(53)42(62-12)31(7)43(55)48-35(26-32-18-15-14-16-19-32)44(56)50-63(59,60)34-23-21-33(47)22-24-34/h14-16,18-19,21-24,28-31,35-37,39-42H,13,17,20,25-27,47H2,1-12H3,(H,48,55)(H,49,57)(H,50,56)/t30-,31+,35-,36-,37-,39-,40-,41-,42+/m0/s1. The third kappa shape index (κ3) is 14.0. The number of nitrogens with zero attached hydrogens (tertiary/aromatic N) is 3. The molecule has 0 radical (unpaired) electrons. The van der Waals surface area contributed by atoms with Crippen LogP contribution in [-0.2, 0) is 49.9 Å². The molecule has 1 saturated heterocycles. The van der Waals surface area contributed by atoms with Gasteiger partial charge in [-0.15, -0.1) is 0 Å². The number of sulfonamides is 1. The van der Waals surface area contributed by atoms with E-state index in [1.54, 1.807) is 54.1 Å². The number of likely N-dealkylation sites (tertiary alicyclic amines) is 1. The number of carbonyl (C=O) groups excluding carboxylic acids is 5. The molecule has 3 rings (SSSR count). The number of nitrogens with one attached hydrogen (secondary N) is 3. The molecule has 16 nitrogen and oxygen atoms in total.